The Morgan fingerprint density at radius 1 is 0.981 bits per heavy atom. The maximum atomic E-state index is 14.6. The van der Waals surface area contributed by atoms with Gasteiger partial charge in [-0.05, 0) is 76.4 Å². The number of benzene rings is 3. The Balaban J connectivity index is 1.21. The average molecular weight is 724 g/mol. The van der Waals surface area contributed by atoms with E-state index in [1.807, 2.05) is 0 Å². The molecule has 53 heavy (non-hydrogen) atoms. The molecule has 2 saturated heterocycles. The predicted octanol–water partition coefficient (Wildman–Crippen LogP) is -0.644. The number of hydrogen-bond donors (Lipinski definition) is 4. The number of fused-ring (bicyclic) bond motifs is 2. The second-order valence-corrected chi connectivity index (χ2v) is 13.1. The number of likely N-dealkylation sites (tertiary alicyclic amines) is 1. The van der Waals surface area contributed by atoms with E-state index in [0.717, 1.165) is 0 Å². The number of carbonyl (C=O) groups excluding carboxylic acids is 6. The van der Waals surface area contributed by atoms with Crippen molar-refractivity contribution in [1.29, 1.82) is 0 Å². The van der Waals surface area contributed by atoms with Gasteiger partial charge in [0.2, 0.25) is 11.8 Å². The average Bonchev–Trinajstić information content (AvgIpc) is 3.95. The maximum absolute atomic E-state index is 14.6. The molecule has 0 unspecified atom stereocenters. The van der Waals surface area contributed by atoms with Crippen LogP contribution in [0.4, 0.5) is 0 Å². The molecule has 0 bridgehead atoms. The minimum absolute atomic E-state index is 0.0175. The number of ether oxygens (including phenoxy) is 1. The fourth-order valence-corrected chi connectivity index (χ4v) is 7.25. The van der Waals surface area contributed by atoms with Crippen molar-refractivity contribution in [2.75, 3.05) is 13.7 Å². The second kappa shape index (κ2) is 14.5. The van der Waals surface area contributed by atoms with Crippen molar-refractivity contribution in [3.05, 3.63) is 76.3 Å². The highest BCUT2D eigenvalue weighted by Crippen LogP contribution is 2.35. The molecule has 4 heterocycles. The van der Waals surface area contributed by atoms with E-state index < -0.39 is 68.2 Å². The number of carbonyl (C=O) groups is 6. The summed E-state index contributed by atoms with van der Waals surface area (Å²) in [7, 11) is -1.20. The highest BCUT2D eigenvalue weighted by molar-refractivity contribution is 6.62. The third-order valence-corrected chi connectivity index (χ3v) is 9.90. The lowest BCUT2D eigenvalue weighted by Gasteiger charge is -2.28. The molecule has 0 radical (unpaired) electrons. The number of nitrogens with two attached hydrogens (primary N) is 1. The van der Waals surface area contributed by atoms with Gasteiger partial charge >= 0.3 is 20.2 Å². The second-order valence-electron chi connectivity index (χ2n) is 13.1. The number of hydrogen-bond acceptors (Lipinski definition) is 12. The molecule has 3 aromatic carbocycles. The Hall–Kier alpha value is -5.55. The lowest BCUT2D eigenvalue weighted by Crippen LogP contribution is -2.47. The Bertz CT molecular complexity index is 2040. The van der Waals surface area contributed by atoms with Crippen molar-refractivity contribution in [3.63, 3.8) is 0 Å². The van der Waals surface area contributed by atoms with E-state index in [1.165, 1.54) is 30.2 Å². The molecule has 0 aromatic heterocycles. The minimum Gasteiger partial charge on any atom is -0.496 e. The maximum Gasteiger partial charge on any atom is 0.491 e. The molecule has 0 aliphatic carbocycles. The molecule has 4 aliphatic rings. The molecule has 4 aliphatic heterocycles. The topological polar surface area (TPSA) is 224 Å². The van der Waals surface area contributed by atoms with Crippen LogP contribution in [0.5, 0.6) is 5.75 Å². The van der Waals surface area contributed by atoms with Gasteiger partial charge < -0.3 is 44.9 Å². The Morgan fingerprint density at radius 2 is 1.70 bits per heavy atom. The first-order valence-corrected chi connectivity index (χ1v) is 17.0. The first-order chi connectivity index (χ1) is 25.4. The van der Waals surface area contributed by atoms with Crippen LogP contribution in [0.1, 0.15) is 75.6 Å². The third-order valence-electron chi connectivity index (χ3n) is 9.90. The Morgan fingerprint density at radius 3 is 2.43 bits per heavy atom. The molecular weight excluding hydrogens is 690 g/mol. The Kier molecular flexibility index (Phi) is 9.78. The molecule has 0 saturated carbocycles. The van der Waals surface area contributed by atoms with Gasteiger partial charge in [-0.25, -0.2) is 4.79 Å². The van der Waals surface area contributed by atoms with Crippen molar-refractivity contribution in [1.82, 2.24) is 15.3 Å². The summed E-state index contributed by atoms with van der Waals surface area (Å²) >= 11 is 0. The van der Waals surface area contributed by atoms with E-state index in [-0.39, 0.29) is 50.1 Å². The molecular formula is C35H34B2N4O12. The minimum atomic E-state index is -1.32. The monoisotopic (exact) mass is 724 g/mol. The van der Waals surface area contributed by atoms with Crippen LogP contribution >= 0.6 is 0 Å². The summed E-state index contributed by atoms with van der Waals surface area (Å²) in [5, 5.41) is 24.4. The summed E-state index contributed by atoms with van der Waals surface area (Å²) in [5.74, 6) is -3.81. The smallest absolute Gasteiger partial charge is 0.491 e. The van der Waals surface area contributed by atoms with E-state index in [4.69, 9.17) is 24.6 Å². The standard InChI is InChI=1S/C35H34B2N4O12/c1-50-29-7-3-2-5-20(29)27(15-32(44)53-41-30(42)8-9-31(41)43)39-34(46)28-6-4-10-40(28)35(47)23-14-25-19(16-51-36(25)48)12-21(23)22-11-18(33(38)45)13-26-24(22)17-52-37(26)49/h2-3,5,7,11-14,27-28,48-49H,4,6,8-10,15-17H2,1H3,(H2,38,45)(H,39,46)/t27-,28-/m0/s1. The number of imide groups is 1. The van der Waals surface area contributed by atoms with Gasteiger partial charge in [0, 0.05) is 36.1 Å². The largest absolute Gasteiger partial charge is 0.496 e. The zero-order valence-electron chi connectivity index (χ0n) is 28.5. The normalized spacial score (nSPS) is 18.3. The highest BCUT2D eigenvalue weighted by Gasteiger charge is 2.40. The summed E-state index contributed by atoms with van der Waals surface area (Å²) in [6.07, 6.45) is 0.0824. The van der Waals surface area contributed by atoms with Crippen LogP contribution in [0.3, 0.4) is 0 Å². The van der Waals surface area contributed by atoms with E-state index in [0.29, 0.717) is 56.0 Å². The number of para-hydroxylation sites is 1. The number of hydroxylamine groups is 2. The van der Waals surface area contributed by atoms with E-state index >= 15 is 0 Å². The van der Waals surface area contributed by atoms with Gasteiger partial charge in [0.1, 0.15) is 11.8 Å². The van der Waals surface area contributed by atoms with Crippen LogP contribution in [-0.4, -0.2) is 89.4 Å². The fourth-order valence-electron chi connectivity index (χ4n) is 7.25. The van der Waals surface area contributed by atoms with Gasteiger partial charge in [0.25, 0.3) is 17.7 Å². The van der Waals surface area contributed by atoms with E-state index in [1.54, 1.807) is 30.3 Å². The molecule has 5 amide bonds. The van der Waals surface area contributed by atoms with Gasteiger partial charge in [-0.3, -0.25) is 24.0 Å². The number of rotatable bonds is 10. The van der Waals surface area contributed by atoms with Crippen LogP contribution < -0.4 is 26.7 Å². The molecule has 0 spiro atoms. The van der Waals surface area contributed by atoms with Crippen LogP contribution in [0.2, 0.25) is 0 Å². The van der Waals surface area contributed by atoms with Gasteiger partial charge in [0.15, 0.2) is 0 Å². The molecule has 16 nitrogen and oxygen atoms in total. The van der Waals surface area contributed by atoms with Crippen molar-refractivity contribution in [3.8, 4) is 16.9 Å². The SMILES string of the molecule is COc1ccccc1[C@H](CC(=O)ON1C(=O)CCC1=O)NC(=O)[C@@H]1CCCN1C(=O)c1cc2c(cc1-c1cc(C(N)=O)cc3c1COB3O)COB2O. The van der Waals surface area contributed by atoms with E-state index in [2.05, 4.69) is 5.32 Å². The highest BCUT2D eigenvalue weighted by atomic mass is 16.7. The van der Waals surface area contributed by atoms with Gasteiger partial charge in [-0.2, -0.15) is 0 Å². The van der Waals surface area contributed by atoms with Crippen LogP contribution in [0.25, 0.3) is 11.1 Å². The molecule has 7 rings (SSSR count). The molecule has 18 heteroatoms. The van der Waals surface area contributed by atoms with Gasteiger partial charge in [0.05, 0.1) is 32.8 Å². The number of amides is 5. The van der Waals surface area contributed by atoms with Crippen molar-refractivity contribution in [2.24, 2.45) is 5.73 Å². The van der Waals surface area contributed by atoms with Crippen molar-refractivity contribution < 1.29 is 57.7 Å². The molecule has 5 N–H and O–H groups in total. The molecule has 2 fully saturated rings. The quantitative estimate of drug-likeness (QED) is 0.151. The first kappa shape index (κ1) is 35.8. The van der Waals surface area contributed by atoms with Gasteiger partial charge in [-0.1, -0.05) is 18.2 Å². The molecule has 272 valence electrons. The van der Waals surface area contributed by atoms with Crippen molar-refractivity contribution >= 4 is 60.7 Å². The predicted molar refractivity (Wildman–Crippen MR) is 185 cm³/mol. The number of methoxy groups -OCH3 is 1. The van der Waals surface area contributed by atoms with Crippen LogP contribution in [0.15, 0.2) is 48.5 Å². The summed E-state index contributed by atoms with van der Waals surface area (Å²) < 4.78 is 16.4. The zero-order chi connectivity index (χ0) is 37.6. The summed E-state index contributed by atoms with van der Waals surface area (Å²) in [6.45, 7) is 0.223. The van der Waals surface area contributed by atoms with E-state index in [9.17, 15) is 38.8 Å². The number of primary amides is 1. The lowest BCUT2D eigenvalue weighted by atomic mass is 9.74. The summed E-state index contributed by atoms with van der Waals surface area (Å²) in [4.78, 5) is 84.9. The fraction of sp³-hybridized carbons (Fsp3) is 0.314. The van der Waals surface area contributed by atoms with Crippen molar-refractivity contribution in [2.45, 2.75) is 57.4 Å². The third kappa shape index (κ3) is 6.77. The first-order valence-electron chi connectivity index (χ1n) is 17.0. The number of nitrogens with one attached hydrogen (secondary N) is 1. The Labute approximate surface area is 303 Å². The summed E-state index contributed by atoms with van der Waals surface area (Å²) in [6, 6.07) is 10.7. The molecule has 2 atom stereocenters. The van der Waals surface area contributed by atoms with Crippen LogP contribution in [0, 0.1) is 0 Å². The molecule has 3 aromatic rings. The number of nitrogens with zero attached hydrogens (tertiary/aromatic N) is 2. The van der Waals surface area contributed by atoms with Gasteiger partial charge in [-0.15, -0.1) is 5.06 Å². The van der Waals surface area contributed by atoms with Crippen LogP contribution in [-0.2, 0) is 46.5 Å². The lowest BCUT2D eigenvalue weighted by molar-refractivity contribution is -0.197. The summed E-state index contributed by atoms with van der Waals surface area (Å²) in [5.41, 5.74) is 8.82. The zero-order valence-corrected chi connectivity index (χ0v) is 28.5.